The summed E-state index contributed by atoms with van der Waals surface area (Å²) in [6.45, 7) is 7.35. The maximum atomic E-state index is 5.73. The number of benzene rings is 1. The highest BCUT2D eigenvalue weighted by Gasteiger charge is 2.42. The monoisotopic (exact) mass is 252 g/mol. The van der Waals surface area contributed by atoms with Crippen LogP contribution in [0.5, 0.6) is 28.7 Å². The molecule has 1 aromatic carbocycles. The minimum absolute atomic E-state index is 0.513. The van der Waals surface area contributed by atoms with E-state index in [0.29, 0.717) is 28.7 Å². The second kappa shape index (κ2) is 3.16. The van der Waals surface area contributed by atoms with Crippen molar-refractivity contribution in [2.75, 3.05) is 7.11 Å². The number of hydrogen-bond acceptors (Lipinski definition) is 5. The smallest absolute Gasteiger partial charge is 0.246 e. The van der Waals surface area contributed by atoms with E-state index in [9.17, 15) is 0 Å². The minimum atomic E-state index is -0.708. The SMILES string of the molecule is COc1c2c(cc3c1OC(C)(C)O3)OC(C)(C)O2. The molecular weight excluding hydrogens is 236 g/mol. The van der Waals surface area contributed by atoms with Gasteiger partial charge in [-0.3, -0.25) is 0 Å². The van der Waals surface area contributed by atoms with E-state index in [1.165, 1.54) is 0 Å². The standard InChI is InChI=1S/C13H16O5/c1-12(2)15-7-6-8-10(18-13(3,4)16-8)11(14-5)9(7)17-12/h6H,1-5H3. The molecule has 0 aromatic heterocycles. The summed E-state index contributed by atoms with van der Waals surface area (Å²) in [4.78, 5) is 0. The van der Waals surface area contributed by atoms with Gasteiger partial charge in [-0.15, -0.1) is 0 Å². The molecule has 0 aliphatic carbocycles. The molecule has 0 atom stereocenters. The first-order chi connectivity index (χ1) is 8.31. The van der Waals surface area contributed by atoms with Crippen molar-refractivity contribution in [3.8, 4) is 28.7 Å². The lowest BCUT2D eigenvalue weighted by Crippen LogP contribution is -2.30. The van der Waals surface area contributed by atoms with Crippen LogP contribution < -0.4 is 23.7 Å². The lowest BCUT2D eigenvalue weighted by Gasteiger charge is -2.18. The van der Waals surface area contributed by atoms with E-state index < -0.39 is 11.6 Å². The fourth-order valence-electron chi connectivity index (χ4n) is 2.17. The van der Waals surface area contributed by atoms with Gasteiger partial charge in [-0.1, -0.05) is 0 Å². The van der Waals surface area contributed by atoms with Crippen molar-refractivity contribution < 1.29 is 23.7 Å². The zero-order valence-electron chi connectivity index (χ0n) is 11.1. The van der Waals surface area contributed by atoms with Crippen molar-refractivity contribution in [1.29, 1.82) is 0 Å². The van der Waals surface area contributed by atoms with Gasteiger partial charge in [0.05, 0.1) is 7.11 Å². The van der Waals surface area contributed by atoms with Crippen LogP contribution in [0.4, 0.5) is 0 Å². The van der Waals surface area contributed by atoms with Gasteiger partial charge in [-0.05, 0) is 0 Å². The average Bonchev–Trinajstić information content (AvgIpc) is 2.67. The average molecular weight is 252 g/mol. The molecule has 0 N–H and O–H groups in total. The third kappa shape index (κ3) is 1.54. The lowest BCUT2D eigenvalue weighted by molar-refractivity contribution is -0.0496. The predicted octanol–water partition coefficient (Wildman–Crippen LogP) is 2.71. The van der Waals surface area contributed by atoms with Crippen molar-refractivity contribution in [3.05, 3.63) is 6.07 Å². The zero-order chi connectivity index (χ0) is 13.1. The molecule has 2 aliphatic rings. The molecular formula is C13H16O5. The van der Waals surface area contributed by atoms with Crippen LogP contribution in [0.1, 0.15) is 27.7 Å². The Hall–Kier alpha value is -1.78. The molecule has 1 aromatic rings. The molecule has 0 radical (unpaired) electrons. The first kappa shape index (κ1) is 11.3. The van der Waals surface area contributed by atoms with E-state index in [2.05, 4.69) is 0 Å². The lowest BCUT2D eigenvalue weighted by atomic mass is 10.2. The van der Waals surface area contributed by atoms with Crippen LogP contribution in [-0.2, 0) is 0 Å². The van der Waals surface area contributed by atoms with Gasteiger partial charge in [0, 0.05) is 33.8 Å². The van der Waals surface area contributed by atoms with E-state index >= 15 is 0 Å². The van der Waals surface area contributed by atoms with Gasteiger partial charge in [0.25, 0.3) is 0 Å². The molecule has 0 saturated heterocycles. The van der Waals surface area contributed by atoms with E-state index in [1.54, 1.807) is 13.2 Å². The summed E-state index contributed by atoms with van der Waals surface area (Å²) < 4.78 is 28.2. The number of rotatable bonds is 1. The predicted molar refractivity (Wildman–Crippen MR) is 63.7 cm³/mol. The van der Waals surface area contributed by atoms with Crippen LogP contribution in [-0.4, -0.2) is 18.7 Å². The topological polar surface area (TPSA) is 46.2 Å². The fraction of sp³-hybridized carbons (Fsp3) is 0.538. The van der Waals surface area contributed by atoms with E-state index in [4.69, 9.17) is 23.7 Å². The third-order valence-electron chi connectivity index (χ3n) is 2.73. The van der Waals surface area contributed by atoms with Crippen LogP contribution in [0.3, 0.4) is 0 Å². The first-order valence-electron chi connectivity index (χ1n) is 5.82. The number of fused-ring (bicyclic) bond motifs is 2. The summed E-state index contributed by atoms with van der Waals surface area (Å²) in [5, 5.41) is 0. The van der Waals surface area contributed by atoms with Crippen molar-refractivity contribution in [2.45, 2.75) is 39.3 Å². The molecule has 0 bridgehead atoms. The normalized spacial score (nSPS) is 20.9. The summed E-state index contributed by atoms with van der Waals surface area (Å²) in [5.41, 5.74) is 0. The Balaban J connectivity index is 2.14. The maximum Gasteiger partial charge on any atom is 0.246 e. The highest BCUT2D eigenvalue weighted by molar-refractivity contribution is 5.68. The Morgan fingerprint density at radius 1 is 0.833 bits per heavy atom. The highest BCUT2D eigenvalue weighted by atomic mass is 16.8. The van der Waals surface area contributed by atoms with Gasteiger partial charge in [0.1, 0.15) is 0 Å². The minimum Gasteiger partial charge on any atom is -0.490 e. The van der Waals surface area contributed by atoms with Crippen LogP contribution in [0.2, 0.25) is 0 Å². The number of ether oxygens (including phenoxy) is 5. The molecule has 0 unspecified atom stereocenters. The molecule has 0 amide bonds. The fourth-order valence-corrected chi connectivity index (χ4v) is 2.17. The molecule has 0 saturated carbocycles. The van der Waals surface area contributed by atoms with Crippen LogP contribution in [0, 0.1) is 0 Å². The molecule has 2 heterocycles. The molecule has 5 heteroatoms. The Bertz CT molecular complexity index is 476. The van der Waals surface area contributed by atoms with E-state index in [-0.39, 0.29) is 0 Å². The van der Waals surface area contributed by atoms with Crippen molar-refractivity contribution in [1.82, 2.24) is 0 Å². The quantitative estimate of drug-likeness (QED) is 0.769. The molecule has 18 heavy (non-hydrogen) atoms. The Labute approximate surface area is 106 Å². The third-order valence-corrected chi connectivity index (χ3v) is 2.73. The van der Waals surface area contributed by atoms with Crippen molar-refractivity contribution in [2.24, 2.45) is 0 Å². The van der Waals surface area contributed by atoms with Crippen LogP contribution in [0.15, 0.2) is 6.07 Å². The van der Waals surface area contributed by atoms with Gasteiger partial charge in [0.15, 0.2) is 11.5 Å². The highest BCUT2D eigenvalue weighted by Crippen LogP contribution is 2.57. The van der Waals surface area contributed by atoms with Gasteiger partial charge in [0.2, 0.25) is 28.8 Å². The summed E-state index contributed by atoms with van der Waals surface area (Å²) in [6.07, 6.45) is 0. The summed E-state index contributed by atoms with van der Waals surface area (Å²) >= 11 is 0. The van der Waals surface area contributed by atoms with Gasteiger partial charge in [-0.25, -0.2) is 0 Å². The van der Waals surface area contributed by atoms with E-state index in [0.717, 1.165) is 0 Å². The second-order valence-corrected chi connectivity index (χ2v) is 5.27. The van der Waals surface area contributed by atoms with Crippen molar-refractivity contribution in [3.63, 3.8) is 0 Å². The van der Waals surface area contributed by atoms with Crippen LogP contribution >= 0.6 is 0 Å². The molecule has 3 rings (SSSR count). The van der Waals surface area contributed by atoms with Gasteiger partial charge in [-0.2, -0.15) is 0 Å². The molecule has 0 fully saturated rings. The van der Waals surface area contributed by atoms with Crippen LogP contribution in [0.25, 0.3) is 0 Å². The summed E-state index contributed by atoms with van der Waals surface area (Å²) in [7, 11) is 1.57. The van der Waals surface area contributed by atoms with E-state index in [1.807, 2.05) is 27.7 Å². The van der Waals surface area contributed by atoms with Gasteiger partial charge < -0.3 is 23.7 Å². The first-order valence-corrected chi connectivity index (χ1v) is 5.82. The van der Waals surface area contributed by atoms with Crippen molar-refractivity contribution >= 4 is 0 Å². The largest absolute Gasteiger partial charge is 0.490 e. The number of methoxy groups -OCH3 is 1. The number of hydrogen-bond donors (Lipinski definition) is 0. The molecule has 2 aliphatic heterocycles. The van der Waals surface area contributed by atoms with Gasteiger partial charge >= 0.3 is 0 Å². The molecule has 0 spiro atoms. The Kier molecular flexibility index (Phi) is 1.99. The second-order valence-electron chi connectivity index (χ2n) is 5.27. The molecule has 98 valence electrons. The Morgan fingerprint density at radius 2 is 1.28 bits per heavy atom. The summed E-state index contributed by atoms with van der Waals surface area (Å²) in [6, 6.07) is 1.77. The Morgan fingerprint density at radius 3 is 1.67 bits per heavy atom. The maximum absolute atomic E-state index is 5.73. The zero-order valence-corrected chi connectivity index (χ0v) is 11.1. The molecule has 5 nitrogen and oxygen atoms in total. The summed E-state index contributed by atoms with van der Waals surface area (Å²) in [5.74, 6) is 1.43.